The zero-order valence-corrected chi connectivity index (χ0v) is 13.9. The number of benzene rings is 1. The average molecular weight is 342 g/mol. The van der Waals surface area contributed by atoms with Crippen LogP contribution in [0.15, 0.2) is 39.3 Å². The second-order valence-electron chi connectivity index (χ2n) is 5.22. The van der Waals surface area contributed by atoms with E-state index in [1.165, 1.54) is 14.0 Å². The van der Waals surface area contributed by atoms with Gasteiger partial charge in [-0.05, 0) is 25.5 Å². The highest BCUT2D eigenvalue weighted by Gasteiger charge is 2.18. The molecule has 130 valence electrons. The van der Waals surface area contributed by atoms with Crippen LogP contribution in [0.4, 0.5) is 11.4 Å². The van der Waals surface area contributed by atoms with Crippen LogP contribution in [0.5, 0.6) is 11.6 Å². The maximum absolute atomic E-state index is 12.6. The zero-order valence-electron chi connectivity index (χ0n) is 13.9. The Morgan fingerprint density at radius 1 is 1.36 bits per heavy atom. The first-order valence-electron chi connectivity index (χ1n) is 7.56. The third-order valence-corrected chi connectivity index (χ3v) is 3.63. The number of aliphatic hydroxyl groups excluding tert-OH is 1. The molecule has 8 nitrogen and oxygen atoms in total. The number of hydrogen-bond acceptors (Lipinski definition) is 7. The molecule has 2 rings (SSSR count). The van der Waals surface area contributed by atoms with E-state index in [0.29, 0.717) is 11.4 Å². The lowest BCUT2D eigenvalue weighted by molar-refractivity contribution is 0.274. The Hall–Kier alpha value is -3.18. The van der Waals surface area contributed by atoms with Gasteiger partial charge in [-0.2, -0.15) is 10.4 Å². The van der Waals surface area contributed by atoms with Crippen molar-refractivity contribution < 1.29 is 14.9 Å². The molecule has 0 aliphatic heterocycles. The summed E-state index contributed by atoms with van der Waals surface area (Å²) >= 11 is 0. The van der Waals surface area contributed by atoms with E-state index in [0.717, 1.165) is 4.57 Å². The zero-order chi connectivity index (χ0) is 18.4. The number of nitriles is 1. The number of aliphatic hydroxyl groups is 1. The minimum atomic E-state index is -0.575. The second kappa shape index (κ2) is 8.08. The molecule has 2 N–H and O–H groups in total. The summed E-state index contributed by atoms with van der Waals surface area (Å²) in [5.74, 6) is 0.163. The van der Waals surface area contributed by atoms with Crippen molar-refractivity contribution in [2.75, 3.05) is 13.7 Å². The molecule has 8 heteroatoms. The van der Waals surface area contributed by atoms with Crippen LogP contribution in [0.2, 0.25) is 0 Å². The molecule has 0 spiro atoms. The molecule has 0 aliphatic rings. The Labute approximate surface area is 144 Å². The van der Waals surface area contributed by atoms with Crippen LogP contribution in [-0.2, 0) is 6.54 Å². The monoisotopic (exact) mass is 342 g/mol. The van der Waals surface area contributed by atoms with Crippen molar-refractivity contribution in [2.24, 2.45) is 10.2 Å². The third-order valence-electron chi connectivity index (χ3n) is 3.63. The number of hydrogen-bond donors (Lipinski definition) is 2. The number of methoxy groups -OCH3 is 1. The molecular weight excluding hydrogens is 324 g/mol. The van der Waals surface area contributed by atoms with E-state index in [2.05, 4.69) is 10.2 Å². The van der Waals surface area contributed by atoms with Crippen molar-refractivity contribution in [1.29, 1.82) is 5.26 Å². The molecule has 0 atom stereocenters. The molecule has 0 saturated heterocycles. The number of azo groups is 1. The van der Waals surface area contributed by atoms with Crippen molar-refractivity contribution >= 4 is 11.4 Å². The minimum Gasteiger partial charge on any atom is -0.497 e. The van der Waals surface area contributed by atoms with E-state index in [9.17, 15) is 15.2 Å². The number of aromatic hydroxyl groups is 1. The van der Waals surface area contributed by atoms with Crippen LogP contribution in [-0.4, -0.2) is 28.5 Å². The van der Waals surface area contributed by atoms with Crippen LogP contribution in [0.1, 0.15) is 17.5 Å². The maximum Gasteiger partial charge on any atom is 0.281 e. The number of ether oxygens (including phenoxy) is 1. The molecular formula is C17H18N4O4. The fourth-order valence-electron chi connectivity index (χ4n) is 2.27. The van der Waals surface area contributed by atoms with E-state index >= 15 is 0 Å². The van der Waals surface area contributed by atoms with E-state index < -0.39 is 11.4 Å². The van der Waals surface area contributed by atoms with Crippen molar-refractivity contribution in [3.8, 4) is 17.7 Å². The first kappa shape index (κ1) is 18.2. The Kier molecular flexibility index (Phi) is 5.87. The predicted octanol–water partition coefficient (Wildman–Crippen LogP) is 2.54. The molecule has 0 unspecified atom stereocenters. The molecule has 0 fully saturated rings. The Morgan fingerprint density at radius 3 is 2.76 bits per heavy atom. The molecule has 1 aromatic carbocycles. The fourth-order valence-corrected chi connectivity index (χ4v) is 2.27. The Bertz CT molecular complexity index is 897. The number of aromatic nitrogens is 1. The van der Waals surface area contributed by atoms with E-state index in [-0.39, 0.29) is 36.4 Å². The van der Waals surface area contributed by atoms with E-state index in [4.69, 9.17) is 9.84 Å². The van der Waals surface area contributed by atoms with E-state index in [1.807, 2.05) is 6.07 Å². The topological polar surface area (TPSA) is 120 Å². The summed E-state index contributed by atoms with van der Waals surface area (Å²) in [7, 11) is 1.53. The van der Waals surface area contributed by atoms with Gasteiger partial charge in [0.15, 0.2) is 5.69 Å². The molecule has 25 heavy (non-hydrogen) atoms. The van der Waals surface area contributed by atoms with Gasteiger partial charge >= 0.3 is 0 Å². The van der Waals surface area contributed by atoms with Crippen molar-refractivity contribution in [3.63, 3.8) is 0 Å². The third kappa shape index (κ3) is 3.84. The summed E-state index contributed by atoms with van der Waals surface area (Å²) in [6.07, 6.45) is 0.258. The lowest BCUT2D eigenvalue weighted by Gasteiger charge is -2.12. The van der Waals surface area contributed by atoms with Crippen LogP contribution < -0.4 is 10.3 Å². The Morgan fingerprint density at radius 2 is 2.12 bits per heavy atom. The van der Waals surface area contributed by atoms with Crippen molar-refractivity contribution in [1.82, 2.24) is 4.57 Å². The largest absolute Gasteiger partial charge is 0.497 e. The number of nitrogens with zero attached hydrogens (tertiary/aromatic N) is 4. The molecule has 0 radical (unpaired) electrons. The van der Waals surface area contributed by atoms with Crippen molar-refractivity contribution in [3.05, 3.63) is 45.7 Å². The highest BCUT2D eigenvalue weighted by atomic mass is 16.5. The molecule has 1 heterocycles. The van der Waals surface area contributed by atoms with Crippen molar-refractivity contribution in [2.45, 2.75) is 19.9 Å². The van der Waals surface area contributed by atoms with Gasteiger partial charge in [-0.3, -0.25) is 9.36 Å². The van der Waals surface area contributed by atoms with Crippen LogP contribution in [0, 0.1) is 18.3 Å². The first-order chi connectivity index (χ1) is 12.0. The van der Waals surface area contributed by atoms with Crippen LogP contribution in [0.3, 0.4) is 0 Å². The van der Waals surface area contributed by atoms with Crippen LogP contribution >= 0.6 is 0 Å². The fraction of sp³-hybridized carbons (Fsp3) is 0.294. The van der Waals surface area contributed by atoms with Gasteiger partial charge in [0.1, 0.15) is 17.4 Å². The maximum atomic E-state index is 12.6. The molecule has 2 aromatic rings. The van der Waals surface area contributed by atoms with Gasteiger partial charge in [0.05, 0.1) is 12.8 Å². The van der Waals surface area contributed by atoms with Gasteiger partial charge < -0.3 is 14.9 Å². The quantitative estimate of drug-likeness (QED) is 0.782. The summed E-state index contributed by atoms with van der Waals surface area (Å²) in [5, 5.41) is 36.3. The highest BCUT2D eigenvalue weighted by Crippen LogP contribution is 2.27. The smallest absolute Gasteiger partial charge is 0.281 e. The SMILES string of the molecule is COc1cccc(N=Nc2c(C)c(C#N)c(O)n(CCCO)c2=O)c1. The summed E-state index contributed by atoms with van der Waals surface area (Å²) in [6, 6.07) is 8.69. The van der Waals surface area contributed by atoms with Gasteiger partial charge in [0.25, 0.3) is 5.56 Å². The summed E-state index contributed by atoms with van der Waals surface area (Å²) in [4.78, 5) is 12.6. The summed E-state index contributed by atoms with van der Waals surface area (Å²) < 4.78 is 6.12. The van der Waals surface area contributed by atoms with Crippen LogP contribution in [0.25, 0.3) is 0 Å². The normalized spacial score (nSPS) is 10.8. The number of rotatable bonds is 6. The average Bonchev–Trinajstić information content (AvgIpc) is 2.62. The van der Waals surface area contributed by atoms with Gasteiger partial charge in [-0.25, -0.2) is 0 Å². The molecule has 0 aliphatic carbocycles. The molecule has 1 aromatic heterocycles. The van der Waals surface area contributed by atoms with Gasteiger partial charge in [0, 0.05) is 24.8 Å². The minimum absolute atomic E-state index is 0.0323. The second-order valence-corrected chi connectivity index (χ2v) is 5.22. The molecule has 0 saturated carbocycles. The lowest BCUT2D eigenvalue weighted by atomic mass is 10.1. The van der Waals surface area contributed by atoms with E-state index in [1.54, 1.807) is 24.3 Å². The number of pyridine rings is 1. The van der Waals surface area contributed by atoms with Gasteiger partial charge in [-0.15, -0.1) is 5.11 Å². The predicted molar refractivity (Wildman–Crippen MR) is 90.7 cm³/mol. The van der Waals surface area contributed by atoms with Gasteiger partial charge in [0.2, 0.25) is 5.88 Å². The lowest BCUT2D eigenvalue weighted by Crippen LogP contribution is -2.22. The molecule has 0 bridgehead atoms. The highest BCUT2D eigenvalue weighted by molar-refractivity contribution is 5.56. The first-order valence-corrected chi connectivity index (χ1v) is 7.56. The summed E-state index contributed by atoms with van der Waals surface area (Å²) in [5.41, 5.74) is 0.0740. The van der Waals surface area contributed by atoms with Gasteiger partial charge in [-0.1, -0.05) is 6.07 Å². The standard InChI is InChI=1S/C17H18N4O4/c1-11-14(10-18)16(23)21(7-4-8-22)17(24)15(11)20-19-12-5-3-6-13(9-12)25-2/h3,5-6,9,22-23H,4,7-8H2,1-2H3. The summed E-state index contributed by atoms with van der Waals surface area (Å²) in [6.45, 7) is 1.44. The molecule has 0 amide bonds. The Balaban J connectivity index is 2.54.